The van der Waals surface area contributed by atoms with Gasteiger partial charge in [-0.1, -0.05) is 13.8 Å². The summed E-state index contributed by atoms with van der Waals surface area (Å²) in [4.78, 5) is 30.8. The number of aryl methyl sites for hydroxylation is 2. The molecule has 0 unspecified atom stereocenters. The van der Waals surface area contributed by atoms with E-state index in [0.29, 0.717) is 54.0 Å². The van der Waals surface area contributed by atoms with Gasteiger partial charge in [-0.05, 0) is 61.8 Å². The highest BCUT2D eigenvalue weighted by atomic mass is 19.1. The van der Waals surface area contributed by atoms with Crippen LogP contribution in [0.5, 0.6) is 0 Å². The van der Waals surface area contributed by atoms with Crippen molar-refractivity contribution in [3.63, 3.8) is 0 Å². The number of rotatable bonds is 7. The second-order valence-electron chi connectivity index (χ2n) is 9.68. The van der Waals surface area contributed by atoms with Gasteiger partial charge in [0.15, 0.2) is 5.60 Å². The maximum atomic E-state index is 15.0. The van der Waals surface area contributed by atoms with E-state index in [4.69, 9.17) is 14.5 Å². The standard InChI is InChI=1S/C28H31FN2O5/c1-5-16-18-13-31-23(11-20-19(26(31)32)14-36-27(33)28(20,34)6-2)25(18)30-22-12-21(29)15(3)17(24(16)22)9-7-8-10-35-4/h11-12,34H,5-10,13-14H2,1-4H3/t28-/m0/s1. The van der Waals surface area contributed by atoms with Crippen LogP contribution in [-0.2, 0) is 45.9 Å². The number of carbonyl (C=O) groups is 1. The molecule has 2 aliphatic heterocycles. The second-order valence-corrected chi connectivity index (χ2v) is 9.68. The SMILES string of the molecule is CCc1c2c(nc3cc(F)c(C)c(CCCCOC)c13)-c1cc3c(c(=O)n1C2)COC(=O)[C@]3(O)CC. The number of aliphatic hydroxyl groups is 1. The fourth-order valence-corrected chi connectivity index (χ4v) is 5.74. The molecule has 0 aliphatic carbocycles. The monoisotopic (exact) mass is 494 g/mol. The summed E-state index contributed by atoms with van der Waals surface area (Å²) < 4.78 is 27.0. The predicted molar refractivity (Wildman–Crippen MR) is 133 cm³/mol. The van der Waals surface area contributed by atoms with E-state index < -0.39 is 11.6 Å². The van der Waals surface area contributed by atoms with Crippen molar-refractivity contribution < 1.29 is 23.8 Å². The molecule has 0 bridgehead atoms. The largest absolute Gasteiger partial charge is 0.458 e. The van der Waals surface area contributed by atoms with Crippen LogP contribution in [0.4, 0.5) is 4.39 Å². The molecule has 0 saturated heterocycles. The molecule has 2 aliphatic rings. The summed E-state index contributed by atoms with van der Waals surface area (Å²) in [5.74, 6) is -1.06. The van der Waals surface area contributed by atoms with Crippen molar-refractivity contribution in [1.82, 2.24) is 9.55 Å². The Morgan fingerprint density at radius 3 is 2.67 bits per heavy atom. The normalized spacial score (nSPS) is 18.2. The fourth-order valence-electron chi connectivity index (χ4n) is 5.74. The van der Waals surface area contributed by atoms with Crippen molar-refractivity contribution in [3.05, 3.63) is 61.7 Å². The molecule has 0 amide bonds. The van der Waals surface area contributed by atoms with Gasteiger partial charge in [0, 0.05) is 36.3 Å². The van der Waals surface area contributed by atoms with Crippen molar-refractivity contribution >= 4 is 16.9 Å². The van der Waals surface area contributed by atoms with Gasteiger partial charge in [-0.15, -0.1) is 0 Å². The summed E-state index contributed by atoms with van der Waals surface area (Å²) in [6.45, 7) is 6.36. The lowest BCUT2D eigenvalue weighted by atomic mass is 9.86. The van der Waals surface area contributed by atoms with Crippen LogP contribution in [0.3, 0.4) is 0 Å². The van der Waals surface area contributed by atoms with Crippen LogP contribution in [0.25, 0.3) is 22.3 Å². The van der Waals surface area contributed by atoms with E-state index in [2.05, 4.69) is 6.92 Å². The molecule has 0 fully saturated rings. The van der Waals surface area contributed by atoms with E-state index in [9.17, 15) is 14.7 Å². The van der Waals surface area contributed by atoms with Crippen LogP contribution in [0.15, 0.2) is 16.9 Å². The summed E-state index contributed by atoms with van der Waals surface area (Å²) in [6.07, 6.45) is 3.23. The zero-order valence-corrected chi connectivity index (χ0v) is 21.2. The number of aromatic nitrogens is 2. The highest BCUT2D eigenvalue weighted by molar-refractivity contribution is 5.92. The number of halogens is 1. The fraction of sp³-hybridized carbons (Fsp3) is 0.464. The van der Waals surface area contributed by atoms with Gasteiger partial charge in [0.2, 0.25) is 0 Å². The van der Waals surface area contributed by atoms with Crippen LogP contribution in [0, 0.1) is 12.7 Å². The number of carbonyl (C=O) groups excluding carboxylic acids is 1. The first-order chi connectivity index (χ1) is 17.3. The van der Waals surface area contributed by atoms with Crippen LogP contribution in [0.1, 0.15) is 66.5 Å². The number of esters is 1. The predicted octanol–water partition coefficient (Wildman–Crippen LogP) is 4.06. The molecule has 3 aromatic rings. The van der Waals surface area contributed by atoms with E-state index in [1.807, 2.05) is 6.92 Å². The molecule has 1 aromatic carbocycles. The van der Waals surface area contributed by atoms with E-state index in [-0.39, 0.29) is 30.0 Å². The number of nitrogens with zero attached hydrogens (tertiary/aromatic N) is 2. The average Bonchev–Trinajstić information content (AvgIpc) is 3.24. The molecule has 36 heavy (non-hydrogen) atoms. The lowest BCUT2D eigenvalue weighted by Gasteiger charge is -2.31. The Morgan fingerprint density at radius 1 is 1.19 bits per heavy atom. The smallest absolute Gasteiger partial charge is 0.343 e. The maximum absolute atomic E-state index is 15.0. The number of hydrogen-bond acceptors (Lipinski definition) is 6. The van der Waals surface area contributed by atoms with E-state index in [0.717, 1.165) is 34.9 Å². The number of fused-ring (bicyclic) bond motifs is 5. The number of unbranched alkanes of at least 4 members (excludes halogenated alkanes) is 1. The Bertz CT molecular complexity index is 1460. The van der Waals surface area contributed by atoms with Crippen LogP contribution >= 0.6 is 0 Å². The summed E-state index contributed by atoms with van der Waals surface area (Å²) in [6, 6.07) is 3.17. The molecular formula is C28H31FN2O5. The Morgan fingerprint density at radius 2 is 1.97 bits per heavy atom. The quantitative estimate of drug-likeness (QED) is 0.308. The van der Waals surface area contributed by atoms with Gasteiger partial charge in [0.25, 0.3) is 5.56 Å². The topological polar surface area (TPSA) is 90.6 Å². The van der Waals surface area contributed by atoms with Crippen LogP contribution in [-0.4, -0.2) is 34.3 Å². The molecule has 7 nitrogen and oxygen atoms in total. The zero-order chi connectivity index (χ0) is 25.8. The van der Waals surface area contributed by atoms with Crippen molar-refractivity contribution in [2.75, 3.05) is 13.7 Å². The van der Waals surface area contributed by atoms with E-state index in [1.165, 1.54) is 6.07 Å². The van der Waals surface area contributed by atoms with Gasteiger partial charge < -0.3 is 19.1 Å². The molecule has 2 aromatic heterocycles. The number of benzene rings is 1. The third-order valence-electron chi connectivity index (χ3n) is 7.80. The molecular weight excluding hydrogens is 463 g/mol. The van der Waals surface area contributed by atoms with Crippen molar-refractivity contribution in [3.8, 4) is 11.4 Å². The van der Waals surface area contributed by atoms with Gasteiger partial charge in [-0.2, -0.15) is 0 Å². The van der Waals surface area contributed by atoms with Crippen molar-refractivity contribution in [1.29, 1.82) is 0 Å². The third kappa shape index (κ3) is 3.50. The van der Waals surface area contributed by atoms with Gasteiger partial charge in [-0.25, -0.2) is 14.2 Å². The van der Waals surface area contributed by atoms with E-state index in [1.54, 1.807) is 24.7 Å². The molecule has 1 N–H and O–H groups in total. The van der Waals surface area contributed by atoms with Crippen LogP contribution < -0.4 is 5.56 Å². The van der Waals surface area contributed by atoms with Gasteiger partial charge >= 0.3 is 5.97 Å². The van der Waals surface area contributed by atoms with E-state index >= 15 is 4.39 Å². The summed E-state index contributed by atoms with van der Waals surface area (Å²) in [5.41, 5.74) is 3.65. The minimum absolute atomic E-state index is 0.0802. The molecule has 190 valence electrons. The molecule has 8 heteroatoms. The Balaban J connectivity index is 1.74. The van der Waals surface area contributed by atoms with Gasteiger partial charge in [0.05, 0.1) is 29.0 Å². The molecule has 5 rings (SSSR count). The lowest BCUT2D eigenvalue weighted by molar-refractivity contribution is -0.172. The van der Waals surface area contributed by atoms with Crippen molar-refractivity contribution in [2.45, 2.75) is 71.6 Å². The Hall–Kier alpha value is -3.10. The highest BCUT2D eigenvalue weighted by Crippen LogP contribution is 2.41. The Labute approximate surface area is 208 Å². The highest BCUT2D eigenvalue weighted by Gasteiger charge is 2.45. The first-order valence-corrected chi connectivity index (χ1v) is 12.6. The molecule has 0 spiro atoms. The number of hydrogen-bond donors (Lipinski definition) is 1. The molecule has 0 radical (unpaired) electrons. The number of methoxy groups -OCH3 is 1. The van der Waals surface area contributed by atoms with Gasteiger partial charge in [-0.3, -0.25) is 4.79 Å². The lowest BCUT2D eigenvalue weighted by Crippen LogP contribution is -2.44. The zero-order valence-electron chi connectivity index (χ0n) is 21.2. The average molecular weight is 495 g/mol. The minimum atomic E-state index is -1.88. The third-order valence-corrected chi connectivity index (χ3v) is 7.80. The number of cyclic esters (lactones) is 1. The molecule has 1 atom stereocenters. The summed E-state index contributed by atoms with van der Waals surface area (Å²) >= 11 is 0. The summed E-state index contributed by atoms with van der Waals surface area (Å²) in [7, 11) is 1.67. The summed E-state index contributed by atoms with van der Waals surface area (Å²) in [5, 5.41) is 12.1. The second kappa shape index (κ2) is 9.09. The first-order valence-electron chi connectivity index (χ1n) is 12.6. The maximum Gasteiger partial charge on any atom is 0.343 e. The first kappa shape index (κ1) is 24.6. The number of pyridine rings is 2. The van der Waals surface area contributed by atoms with Crippen molar-refractivity contribution in [2.24, 2.45) is 0 Å². The minimum Gasteiger partial charge on any atom is -0.458 e. The molecule has 0 saturated carbocycles. The molecule has 4 heterocycles. The van der Waals surface area contributed by atoms with Crippen LogP contribution in [0.2, 0.25) is 0 Å². The Kier molecular flexibility index (Phi) is 6.21. The van der Waals surface area contributed by atoms with Gasteiger partial charge in [0.1, 0.15) is 12.4 Å². The number of ether oxygens (including phenoxy) is 2.